The highest BCUT2D eigenvalue weighted by Crippen LogP contribution is 2.18. The van der Waals surface area contributed by atoms with Gasteiger partial charge in [-0.25, -0.2) is 4.79 Å². The Labute approximate surface area is 89.0 Å². The SMILES string of the molecule is CCC[C@@H](N)c1cc(OCC)cc(=O)o1. The molecule has 4 heteroatoms. The van der Waals surface area contributed by atoms with Crippen LogP contribution in [0.3, 0.4) is 0 Å². The highest BCUT2D eigenvalue weighted by Gasteiger charge is 2.10. The van der Waals surface area contributed by atoms with E-state index in [4.69, 9.17) is 14.9 Å². The van der Waals surface area contributed by atoms with Crippen molar-refractivity contribution in [2.24, 2.45) is 5.73 Å². The maximum absolute atomic E-state index is 11.2. The summed E-state index contributed by atoms with van der Waals surface area (Å²) in [6.45, 7) is 4.41. The van der Waals surface area contributed by atoms with Crippen LogP contribution in [0.15, 0.2) is 21.3 Å². The lowest BCUT2D eigenvalue weighted by molar-refractivity contribution is 0.327. The molecule has 1 heterocycles. The molecule has 0 radical (unpaired) electrons. The third kappa shape index (κ3) is 3.40. The summed E-state index contributed by atoms with van der Waals surface area (Å²) in [6.07, 6.45) is 1.74. The molecule has 0 unspecified atom stereocenters. The number of nitrogens with two attached hydrogens (primary N) is 1. The second-order valence-electron chi connectivity index (χ2n) is 3.34. The Hall–Kier alpha value is -1.29. The summed E-state index contributed by atoms with van der Waals surface area (Å²) >= 11 is 0. The molecule has 84 valence electrons. The minimum absolute atomic E-state index is 0.233. The van der Waals surface area contributed by atoms with Gasteiger partial charge < -0.3 is 14.9 Å². The molecule has 0 aromatic carbocycles. The Bertz CT molecular complexity index is 359. The fraction of sp³-hybridized carbons (Fsp3) is 0.545. The number of rotatable bonds is 5. The average Bonchev–Trinajstić information content (AvgIpc) is 2.17. The molecule has 0 bridgehead atoms. The van der Waals surface area contributed by atoms with Gasteiger partial charge in [0.2, 0.25) is 0 Å². The minimum atomic E-state index is -0.414. The summed E-state index contributed by atoms with van der Waals surface area (Å²) in [5.74, 6) is 1.02. The zero-order chi connectivity index (χ0) is 11.3. The van der Waals surface area contributed by atoms with Crippen molar-refractivity contribution in [2.75, 3.05) is 6.61 Å². The topological polar surface area (TPSA) is 65.5 Å². The van der Waals surface area contributed by atoms with Crippen LogP contribution < -0.4 is 16.1 Å². The number of ether oxygens (including phenoxy) is 1. The molecule has 15 heavy (non-hydrogen) atoms. The average molecular weight is 211 g/mol. The van der Waals surface area contributed by atoms with Crippen molar-refractivity contribution in [1.82, 2.24) is 0 Å². The van der Waals surface area contributed by atoms with E-state index in [1.165, 1.54) is 6.07 Å². The molecule has 1 aromatic heterocycles. The molecule has 0 aliphatic heterocycles. The van der Waals surface area contributed by atoms with Gasteiger partial charge in [-0.05, 0) is 13.3 Å². The van der Waals surface area contributed by atoms with Crippen LogP contribution in [0.5, 0.6) is 5.75 Å². The molecule has 0 fully saturated rings. The monoisotopic (exact) mass is 211 g/mol. The molecule has 1 atom stereocenters. The van der Waals surface area contributed by atoms with Crippen LogP contribution in [0.1, 0.15) is 38.5 Å². The van der Waals surface area contributed by atoms with Crippen LogP contribution >= 0.6 is 0 Å². The molecule has 0 saturated carbocycles. The largest absolute Gasteiger partial charge is 0.493 e. The lowest BCUT2D eigenvalue weighted by Crippen LogP contribution is -2.13. The predicted octanol–water partition coefficient (Wildman–Crippen LogP) is 1.84. The number of hydrogen-bond donors (Lipinski definition) is 1. The van der Waals surface area contributed by atoms with Crippen LogP contribution in [-0.2, 0) is 0 Å². The highest BCUT2D eigenvalue weighted by atomic mass is 16.5. The standard InChI is InChI=1S/C11H17NO3/c1-3-5-9(12)10-6-8(14-4-2)7-11(13)15-10/h6-7,9H,3-5,12H2,1-2H3/t9-/m1/s1. The van der Waals surface area contributed by atoms with Crippen molar-refractivity contribution in [3.8, 4) is 5.75 Å². The predicted molar refractivity (Wildman–Crippen MR) is 58.0 cm³/mol. The first-order valence-electron chi connectivity index (χ1n) is 5.20. The van der Waals surface area contributed by atoms with Gasteiger partial charge in [0.15, 0.2) is 0 Å². The van der Waals surface area contributed by atoms with Gasteiger partial charge >= 0.3 is 5.63 Å². The molecule has 0 amide bonds. The van der Waals surface area contributed by atoms with Gasteiger partial charge in [-0.2, -0.15) is 0 Å². The molecule has 0 saturated heterocycles. The third-order valence-corrected chi connectivity index (χ3v) is 2.04. The maximum Gasteiger partial charge on any atom is 0.339 e. The van der Waals surface area contributed by atoms with Gasteiger partial charge in [0, 0.05) is 6.07 Å². The Balaban J connectivity index is 2.92. The fourth-order valence-electron chi connectivity index (χ4n) is 1.36. The summed E-state index contributed by atoms with van der Waals surface area (Å²) in [5.41, 5.74) is 5.44. The maximum atomic E-state index is 11.2. The summed E-state index contributed by atoms with van der Waals surface area (Å²) < 4.78 is 10.3. The van der Waals surface area contributed by atoms with Crippen molar-refractivity contribution < 1.29 is 9.15 Å². The molecule has 1 aromatic rings. The van der Waals surface area contributed by atoms with E-state index in [9.17, 15) is 4.79 Å². The fourth-order valence-corrected chi connectivity index (χ4v) is 1.36. The molecular formula is C11H17NO3. The van der Waals surface area contributed by atoms with Gasteiger partial charge in [0.25, 0.3) is 0 Å². The molecule has 0 spiro atoms. The van der Waals surface area contributed by atoms with Crippen molar-refractivity contribution in [3.05, 3.63) is 28.3 Å². The molecule has 0 aliphatic rings. The minimum Gasteiger partial charge on any atom is -0.493 e. The zero-order valence-corrected chi connectivity index (χ0v) is 9.16. The third-order valence-electron chi connectivity index (χ3n) is 2.04. The van der Waals surface area contributed by atoms with Crippen molar-refractivity contribution in [2.45, 2.75) is 32.7 Å². The van der Waals surface area contributed by atoms with Gasteiger partial charge in [0.1, 0.15) is 11.5 Å². The van der Waals surface area contributed by atoms with E-state index in [2.05, 4.69) is 0 Å². The Morgan fingerprint density at radius 2 is 2.20 bits per heavy atom. The van der Waals surface area contributed by atoms with E-state index in [-0.39, 0.29) is 6.04 Å². The first-order valence-corrected chi connectivity index (χ1v) is 5.20. The van der Waals surface area contributed by atoms with Crippen molar-refractivity contribution in [1.29, 1.82) is 0 Å². The van der Waals surface area contributed by atoms with E-state index >= 15 is 0 Å². The van der Waals surface area contributed by atoms with Crippen LogP contribution in [0.25, 0.3) is 0 Å². The van der Waals surface area contributed by atoms with Gasteiger partial charge in [-0.1, -0.05) is 13.3 Å². The van der Waals surface area contributed by atoms with Crippen LogP contribution in [0, 0.1) is 0 Å². The lowest BCUT2D eigenvalue weighted by atomic mass is 10.1. The summed E-state index contributed by atoms with van der Waals surface area (Å²) in [7, 11) is 0. The van der Waals surface area contributed by atoms with Crippen LogP contribution in [0.2, 0.25) is 0 Å². The first kappa shape index (κ1) is 11.8. The van der Waals surface area contributed by atoms with Crippen LogP contribution in [0.4, 0.5) is 0 Å². The quantitative estimate of drug-likeness (QED) is 0.807. The molecule has 2 N–H and O–H groups in total. The highest BCUT2D eigenvalue weighted by molar-refractivity contribution is 5.22. The van der Waals surface area contributed by atoms with Gasteiger partial charge in [-0.3, -0.25) is 0 Å². The van der Waals surface area contributed by atoms with E-state index in [1.807, 2.05) is 13.8 Å². The Morgan fingerprint density at radius 1 is 1.47 bits per heavy atom. The van der Waals surface area contributed by atoms with Crippen LogP contribution in [-0.4, -0.2) is 6.61 Å². The smallest absolute Gasteiger partial charge is 0.339 e. The van der Waals surface area contributed by atoms with Gasteiger partial charge in [0.05, 0.1) is 18.7 Å². The summed E-state index contributed by atoms with van der Waals surface area (Å²) in [6, 6.07) is 2.78. The van der Waals surface area contributed by atoms with E-state index in [0.29, 0.717) is 18.1 Å². The normalized spacial score (nSPS) is 12.5. The van der Waals surface area contributed by atoms with Crippen molar-refractivity contribution in [3.63, 3.8) is 0 Å². The molecule has 1 rings (SSSR count). The summed E-state index contributed by atoms with van der Waals surface area (Å²) in [5, 5.41) is 0. The first-order chi connectivity index (χ1) is 7.17. The second-order valence-corrected chi connectivity index (χ2v) is 3.34. The van der Waals surface area contributed by atoms with Gasteiger partial charge in [-0.15, -0.1) is 0 Å². The Morgan fingerprint density at radius 3 is 2.80 bits per heavy atom. The van der Waals surface area contributed by atoms with E-state index in [1.54, 1.807) is 6.07 Å². The molecule has 0 aliphatic carbocycles. The second kappa shape index (κ2) is 5.56. The number of hydrogen-bond acceptors (Lipinski definition) is 4. The van der Waals surface area contributed by atoms with Crippen molar-refractivity contribution >= 4 is 0 Å². The van der Waals surface area contributed by atoms with E-state index < -0.39 is 5.63 Å². The Kier molecular flexibility index (Phi) is 4.37. The lowest BCUT2D eigenvalue weighted by Gasteiger charge is -2.10. The molecular weight excluding hydrogens is 194 g/mol. The molecule has 4 nitrogen and oxygen atoms in total. The summed E-state index contributed by atoms with van der Waals surface area (Å²) in [4.78, 5) is 11.2. The zero-order valence-electron chi connectivity index (χ0n) is 9.16. The van der Waals surface area contributed by atoms with E-state index in [0.717, 1.165) is 12.8 Å².